The van der Waals surface area contributed by atoms with Gasteiger partial charge < -0.3 is 4.42 Å². The summed E-state index contributed by atoms with van der Waals surface area (Å²) < 4.78 is 8.02. The summed E-state index contributed by atoms with van der Waals surface area (Å²) in [5.41, 5.74) is 1.04. The number of benzene rings is 1. The largest absolute Gasteiger partial charge is 0.419 e. The minimum atomic E-state index is -0.0625. The molecule has 1 atom stereocenters. The highest BCUT2D eigenvalue weighted by Crippen LogP contribution is 2.36. The zero-order valence-corrected chi connectivity index (χ0v) is 18.5. The van der Waals surface area contributed by atoms with Gasteiger partial charge in [-0.05, 0) is 41.9 Å². The first-order valence-electron chi connectivity index (χ1n) is 9.34. The van der Waals surface area contributed by atoms with Crippen LogP contribution in [-0.4, -0.2) is 25.0 Å². The third-order valence-corrected chi connectivity index (χ3v) is 7.19. The first-order valence-corrected chi connectivity index (χ1v) is 12.0. The van der Waals surface area contributed by atoms with Gasteiger partial charge in [0.25, 0.3) is 5.89 Å². The van der Waals surface area contributed by atoms with Gasteiger partial charge in [-0.25, -0.2) is 0 Å². The van der Waals surface area contributed by atoms with Gasteiger partial charge in [0, 0.05) is 17.0 Å². The highest BCUT2D eigenvalue weighted by atomic mass is 32.2. The second-order valence-electron chi connectivity index (χ2n) is 6.51. The number of thioether (sulfide) groups is 1. The van der Waals surface area contributed by atoms with E-state index in [1.54, 1.807) is 34.4 Å². The van der Waals surface area contributed by atoms with Crippen LogP contribution in [0, 0.1) is 0 Å². The molecule has 9 heteroatoms. The lowest BCUT2D eigenvalue weighted by molar-refractivity contribution is 0.510. The molecule has 0 aliphatic rings. The zero-order chi connectivity index (χ0) is 20.3. The van der Waals surface area contributed by atoms with Crippen molar-refractivity contribution in [1.82, 2.24) is 25.0 Å². The minimum Gasteiger partial charge on any atom is -0.419 e. The molecule has 0 fully saturated rings. The van der Waals surface area contributed by atoms with Crippen molar-refractivity contribution in [2.45, 2.75) is 23.8 Å². The maximum absolute atomic E-state index is 5.91. The highest BCUT2D eigenvalue weighted by molar-refractivity contribution is 7.99. The Labute approximate surface area is 185 Å². The van der Waals surface area contributed by atoms with Gasteiger partial charge >= 0.3 is 0 Å². The summed E-state index contributed by atoms with van der Waals surface area (Å²) in [4.78, 5) is 2.22. The Kier molecular flexibility index (Phi) is 5.48. The Hall–Kier alpha value is -2.75. The molecule has 150 valence electrons. The first kappa shape index (κ1) is 19.2. The Bertz CT molecular complexity index is 1210. The number of thiophene rings is 2. The zero-order valence-electron chi connectivity index (χ0n) is 16.0. The SMILES string of the molecule is CC(Sc1nnc(Cc2cccs2)n1-c1ccccc1)c1nnc(-c2cccs2)o1. The minimum absolute atomic E-state index is 0.0625. The van der Waals surface area contributed by atoms with E-state index in [0.29, 0.717) is 11.8 Å². The Balaban J connectivity index is 1.44. The standard InChI is InChI=1S/C21H17N5OS3/c1-14(19-23-24-20(27-19)17-10-6-12-29-17)30-21-25-22-18(13-16-9-5-11-28-16)26(21)15-7-3-2-4-8-15/h2-12,14H,13H2,1H3. The first-order chi connectivity index (χ1) is 14.8. The monoisotopic (exact) mass is 451 g/mol. The van der Waals surface area contributed by atoms with Gasteiger partial charge in [0.05, 0.1) is 10.1 Å². The number of nitrogens with zero attached hydrogens (tertiary/aromatic N) is 5. The van der Waals surface area contributed by atoms with Crippen molar-refractivity contribution in [1.29, 1.82) is 0 Å². The molecule has 4 heterocycles. The van der Waals surface area contributed by atoms with Crippen LogP contribution in [0.5, 0.6) is 0 Å². The molecule has 0 spiro atoms. The second kappa shape index (κ2) is 8.55. The van der Waals surface area contributed by atoms with Crippen LogP contribution in [0.4, 0.5) is 0 Å². The third kappa shape index (κ3) is 3.96. The molecule has 1 unspecified atom stereocenters. The van der Waals surface area contributed by atoms with Gasteiger partial charge in [0.2, 0.25) is 5.89 Å². The maximum Gasteiger partial charge on any atom is 0.257 e. The van der Waals surface area contributed by atoms with Crippen LogP contribution in [0.2, 0.25) is 0 Å². The van der Waals surface area contributed by atoms with E-state index in [1.165, 1.54) is 4.88 Å². The topological polar surface area (TPSA) is 69.6 Å². The van der Waals surface area contributed by atoms with Gasteiger partial charge in [0.15, 0.2) is 5.16 Å². The summed E-state index contributed by atoms with van der Waals surface area (Å²) in [5.74, 6) is 2.03. The molecule has 0 radical (unpaired) electrons. The van der Waals surface area contributed by atoms with Crippen LogP contribution in [0.3, 0.4) is 0 Å². The molecule has 6 nitrogen and oxygen atoms in total. The van der Waals surface area contributed by atoms with Crippen molar-refractivity contribution < 1.29 is 4.42 Å². The Morgan fingerprint density at radius 3 is 2.53 bits per heavy atom. The number of rotatable bonds is 7. The summed E-state index contributed by atoms with van der Waals surface area (Å²) in [5, 5.41) is 22.2. The predicted molar refractivity (Wildman–Crippen MR) is 120 cm³/mol. The highest BCUT2D eigenvalue weighted by Gasteiger charge is 2.22. The molecular formula is C21H17N5OS3. The molecule has 0 N–H and O–H groups in total. The molecule has 30 heavy (non-hydrogen) atoms. The van der Waals surface area contributed by atoms with E-state index in [0.717, 1.165) is 28.0 Å². The molecule has 0 saturated carbocycles. The lowest BCUT2D eigenvalue weighted by Gasteiger charge is -2.11. The van der Waals surface area contributed by atoms with Crippen molar-refractivity contribution in [3.05, 3.63) is 81.9 Å². The molecule has 0 aliphatic heterocycles. The van der Waals surface area contributed by atoms with Gasteiger partial charge in [-0.15, -0.1) is 43.1 Å². The van der Waals surface area contributed by atoms with Gasteiger partial charge in [-0.3, -0.25) is 4.57 Å². The molecule has 0 amide bonds. The fourth-order valence-corrected chi connectivity index (χ4v) is 5.27. The average Bonchev–Trinajstić information content (AvgIpc) is 3.56. The molecular weight excluding hydrogens is 434 g/mol. The fraction of sp³-hybridized carbons (Fsp3) is 0.143. The van der Waals surface area contributed by atoms with E-state index in [2.05, 4.69) is 54.6 Å². The third-order valence-electron chi connectivity index (χ3n) is 4.43. The van der Waals surface area contributed by atoms with Crippen LogP contribution >= 0.6 is 34.4 Å². The number of para-hydroxylation sites is 1. The summed E-state index contributed by atoms with van der Waals surface area (Å²) in [6.07, 6.45) is 0.734. The molecule has 0 aliphatic carbocycles. The van der Waals surface area contributed by atoms with Crippen molar-refractivity contribution >= 4 is 34.4 Å². The average molecular weight is 452 g/mol. The summed E-state index contributed by atoms with van der Waals surface area (Å²) in [7, 11) is 0. The van der Waals surface area contributed by atoms with Crippen molar-refractivity contribution in [3.8, 4) is 16.5 Å². The maximum atomic E-state index is 5.91. The number of hydrogen-bond donors (Lipinski definition) is 0. The summed E-state index contributed by atoms with van der Waals surface area (Å²) >= 11 is 4.87. The molecule has 1 aromatic carbocycles. The smallest absolute Gasteiger partial charge is 0.257 e. The van der Waals surface area contributed by atoms with Crippen LogP contribution in [0.1, 0.15) is 28.8 Å². The van der Waals surface area contributed by atoms with Gasteiger partial charge in [0.1, 0.15) is 5.82 Å². The van der Waals surface area contributed by atoms with Crippen LogP contribution < -0.4 is 0 Å². The number of aromatic nitrogens is 5. The van der Waals surface area contributed by atoms with Gasteiger partial charge in [-0.2, -0.15) is 0 Å². The van der Waals surface area contributed by atoms with E-state index in [1.807, 2.05) is 42.6 Å². The van der Waals surface area contributed by atoms with Crippen LogP contribution in [0.25, 0.3) is 16.5 Å². The van der Waals surface area contributed by atoms with E-state index in [4.69, 9.17) is 4.42 Å². The molecule has 0 saturated heterocycles. The van der Waals surface area contributed by atoms with E-state index in [9.17, 15) is 0 Å². The molecule has 0 bridgehead atoms. The quantitative estimate of drug-likeness (QED) is 0.288. The second-order valence-corrected chi connectivity index (χ2v) is 9.80. The Morgan fingerprint density at radius 2 is 1.77 bits per heavy atom. The molecule has 5 aromatic rings. The molecule has 4 aromatic heterocycles. The van der Waals surface area contributed by atoms with Gasteiger partial charge in [-0.1, -0.05) is 42.1 Å². The fourth-order valence-electron chi connectivity index (χ4n) is 3.00. The van der Waals surface area contributed by atoms with E-state index >= 15 is 0 Å². The summed E-state index contributed by atoms with van der Waals surface area (Å²) in [6, 6.07) is 18.3. The van der Waals surface area contributed by atoms with Crippen LogP contribution in [-0.2, 0) is 6.42 Å². The number of hydrogen-bond acceptors (Lipinski definition) is 8. The van der Waals surface area contributed by atoms with Crippen molar-refractivity contribution in [2.24, 2.45) is 0 Å². The Morgan fingerprint density at radius 1 is 0.933 bits per heavy atom. The van der Waals surface area contributed by atoms with E-state index < -0.39 is 0 Å². The lowest BCUT2D eigenvalue weighted by Crippen LogP contribution is -2.03. The van der Waals surface area contributed by atoms with Crippen LogP contribution in [0.15, 0.2) is 74.9 Å². The van der Waals surface area contributed by atoms with Crippen molar-refractivity contribution in [3.63, 3.8) is 0 Å². The molecule has 5 rings (SSSR count). The predicted octanol–water partition coefficient (Wildman–Crippen LogP) is 5.88. The summed E-state index contributed by atoms with van der Waals surface area (Å²) in [6.45, 7) is 2.04. The van der Waals surface area contributed by atoms with E-state index in [-0.39, 0.29) is 5.25 Å². The van der Waals surface area contributed by atoms with Crippen molar-refractivity contribution in [2.75, 3.05) is 0 Å². The normalized spacial score (nSPS) is 12.3. The lowest BCUT2D eigenvalue weighted by atomic mass is 10.3.